The Morgan fingerprint density at radius 1 is 1.03 bits per heavy atom. The highest BCUT2D eigenvalue weighted by atomic mass is 32.2. The Morgan fingerprint density at radius 2 is 1.62 bits per heavy atom. The lowest BCUT2D eigenvalue weighted by Crippen LogP contribution is -2.05. The van der Waals surface area contributed by atoms with Gasteiger partial charge in [0, 0.05) is 0 Å². The molecule has 150 valence electrons. The number of ether oxygens (including phenoxy) is 2. The van der Waals surface area contributed by atoms with Crippen LogP contribution < -0.4 is 5.73 Å². The van der Waals surface area contributed by atoms with Gasteiger partial charge in [0.15, 0.2) is 0 Å². The standard InChI is InChI=1S/C19H16FN3O4S2/c1-3-26-17(24)15-13(21)12-14(16(18(25)27-4-2)29-19(12)28-15)23-9-22-11-7-5-10(20)6-8-11/h5-8H,3-4,21H2,1-2H3. The number of benzene rings is 1. The predicted octanol–water partition coefficient (Wildman–Crippen LogP) is 5.17. The lowest BCUT2D eigenvalue weighted by atomic mass is 10.2. The van der Waals surface area contributed by atoms with Crippen LogP contribution in [0.2, 0.25) is 0 Å². The van der Waals surface area contributed by atoms with Gasteiger partial charge in [0.1, 0.15) is 27.3 Å². The van der Waals surface area contributed by atoms with Crippen LogP contribution in [-0.2, 0) is 9.47 Å². The summed E-state index contributed by atoms with van der Waals surface area (Å²) in [6.45, 7) is 3.80. The van der Waals surface area contributed by atoms with Gasteiger partial charge in [0.2, 0.25) is 0 Å². The van der Waals surface area contributed by atoms with Crippen molar-refractivity contribution in [2.75, 3.05) is 18.9 Å². The average molecular weight is 433 g/mol. The third kappa shape index (κ3) is 4.34. The third-order valence-corrected chi connectivity index (χ3v) is 6.08. The van der Waals surface area contributed by atoms with Gasteiger partial charge in [-0.1, -0.05) is 0 Å². The van der Waals surface area contributed by atoms with Crippen LogP contribution >= 0.6 is 22.7 Å². The summed E-state index contributed by atoms with van der Waals surface area (Å²) in [4.78, 5) is 33.1. The molecule has 0 fully saturated rings. The number of hydrogen-bond donors (Lipinski definition) is 1. The van der Waals surface area contributed by atoms with Gasteiger partial charge in [-0.25, -0.2) is 14.0 Å². The number of carbonyl (C=O) groups excluding carboxylic acids is 2. The van der Waals surface area contributed by atoms with Crippen LogP contribution in [0.3, 0.4) is 0 Å². The summed E-state index contributed by atoms with van der Waals surface area (Å²) in [5.41, 5.74) is 7.00. The molecule has 0 bridgehead atoms. The molecule has 2 heterocycles. The number of esters is 2. The first kappa shape index (κ1) is 20.7. The second-order valence-corrected chi connectivity index (χ2v) is 7.83. The molecule has 0 radical (unpaired) electrons. The fraction of sp³-hybridized carbons (Fsp3) is 0.211. The normalized spacial score (nSPS) is 10.4. The van der Waals surface area contributed by atoms with E-state index < -0.39 is 11.9 Å². The van der Waals surface area contributed by atoms with Gasteiger partial charge in [-0.15, -0.1) is 22.7 Å². The molecule has 2 N–H and O–H groups in total. The molecule has 0 aliphatic heterocycles. The van der Waals surface area contributed by atoms with Crippen molar-refractivity contribution >= 4 is 67.1 Å². The van der Waals surface area contributed by atoms with E-state index in [1.54, 1.807) is 13.8 Å². The highest BCUT2D eigenvalue weighted by Crippen LogP contribution is 2.47. The van der Waals surface area contributed by atoms with Gasteiger partial charge in [0.05, 0.1) is 34.0 Å². The fourth-order valence-electron chi connectivity index (χ4n) is 2.41. The Labute approximate surface area is 173 Å². The number of fused-ring (bicyclic) bond motifs is 1. The number of thiophene rings is 2. The molecule has 0 aliphatic rings. The van der Waals surface area contributed by atoms with Gasteiger partial charge in [-0.2, -0.15) is 9.98 Å². The maximum atomic E-state index is 13.0. The molecule has 29 heavy (non-hydrogen) atoms. The van der Waals surface area contributed by atoms with E-state index >= 15 is 0 Å². The molecule has 0 amide bonds. The first-order valence-electron chi connectivity index (χ1n) is 8.57. The van der Waals surface area contributed by atoms with Crippen LogP contribution in [0.1, 0.15) is 33.2 Å². The lowest BCUT2D eigenvalue weighted by molar-refractivity contribution is 0.0524. The topological polar surface area (TPSA) is 103 Å². The van der Waals surface area contributed by atoms with E-state index in [0.29, 0.717) is 15.1 Å². The van der Waals surface area contributed by atoms with Crippen molar-refractivity contribution in [3.63, 3.8) is 0 Å². The van der Waals surface area contributed by atoms with E-state index in [1.807, 2.05) is 0 Å². The number of rotatable bonds is 6. The summed E-state index contributed by atoms with van der Waals surface area (Å²) in [5, 5.41) is 0.452. The van der Waals surface area contributed by atoms with E-state index in [-0.39, 0.29) is 40.2 Å². The van der Waals surface area contributed by atoms with Crippen molar-refractivity contribution in [3.8, 4) is 0 Å². The van der Waals surface area contributed by atoms with E-state index in [1.165, 1.54) is 24.3 Å². The molecule has 1 aromatic carbocycles. The highest BCUT2D eigenvalue weighted by molar-refractivity contribution is 7.40. The summed E-state index contributed by atoms with van der Waals surface area (Å²) < 4.78 is 23.7. The number of nitrogens with two attached hydrogens (primary N) is 1. The van der Waals surface area contributed by atoms with Gasteiger partial charge >= 0.3 is 11.9 Å². The first-order chi connectivity index (χ1) is 14.0. The van der Waals surface area contributed by atoms with Gasteiger partial charge in [0.25, 0.3) is 0 Å². The molecule has 0 saturated heterocycles. The van der Waals surface area contributed by atoms with Crippen molar-refractivity contribution in [3.05, 3.63) is 39.8 Å². The van der Waals surface area contributed by atoms with E-state index in [0.717, 1.165) is 22.7 Å². The second kappa shape index (κ2) is 8.95. The summed E-state index contributed by atoms with van der Waals surface area (Å²) in [5.74, 6) is -1.48. The van der Waals surface area contributed by atoms with Crippen LogP contribution in [0.5, 0.6) is 0 Å². The van der Waals surface area contributed by atoms with Crippen molar-refractivity contribution < 1.29 is 23.5 Å². The predicted molar refractivity (Wildman–Crippen MR) is 112 cm³/mol. The Balaban J connectivity index is 2.11. The van der Waals surface area contributed by atoms with Crippen LogP contribution in [0, 0.1) is 5.82 Å². The molecule has 0 aliphatic carbocycles. The first-order valence-corrected chi connectivity index (χ1v) is 10.2. The zero-order chi connectivity index (χ0) is 21.0. The van der Waals surface area contributed by atoms with Crippen LogP contribution in [-0.4, -0.2) is 31.2 Å². The number of hydrogen-bond acceptors (Lipinski definition) is 9. The van der Waals surface area contributed by atoms with E-state index in [4.69, 9.17) is 15.2 Å². The number of aliphatic imine (C=N–C) groups is 2. The van der Waals surface area contributed by atoms with Gasteiger partial charge in [-0.05, 0) is 38.1 Å². The lowest BCUT2D eigenvalue weighted by Gasteiger charge is -2.01. The minimum absolute atomic E-state index is 0.178. The summed E-state index contributed by atoms with van der Waals surface area (Å²) >= 11 is 2.25. The molecule has 3 rings (SSSR count). The van der Waals surface area contributed by atoms with Crippen LogP contribution in [0.15, 0.2) is 34.3 Å². The quantitative estimate of drug-likeness (QED) is 0.426. The van der Waals surface area contributed by atoms with Crippen molar-refractivity contribution in [2.45, 2.75) is 13.8 Å². The smallest absolute Gasteiger partial charge is 0.350 e. The Kier molecular flexibility index (Phi) is 6.38. The number of nitrogen functional groups attached to an aromatic ring is 1. The van der Waals surface area contributed by atoms with Crippen molar-refractivity contribution in [1.29, 1.82) is 0 Å². The van der Waals surface area contributed by atoms with Crippen LogP contribution in [0.25, 0.3) is 9.40 Å². The van der Waals surface area contributed by atoms with Crippen LogP contribution in [0.4, 0.5) is 21.5 Å². The summed E-state index contributed by atoms with van der Waals surface area (Å²) in [6, 6.07) is 7.95. The third-order valence-electron chi connectivity index (χ3n) is 3.65. The fourth-order valence-corrected chi connectivity index (χ4v) is 4.81. The van der Waals surface area contributed by atoms with E-state index in [9.17, 15) is 14.0 Å². The Morgan fingerprint density at radius 3 is 2.24 bits per heavy atom. The molecule has 10 heteroatoms. The maximum absolute atomic E-state index is 13.0. The monoisotopic (exact) mass is 433 g/mol. The number of anilines is 1. The number of nitrogens with zero attached hydrogens (tertiary/aromatic N) is 2. The minimum Gasteiger partial charge on any atom is -0.462 e. The zero-order valence-corrected chi connectivity index (χ0v) is 17.2. The highest BCUT2D eigenvalue weighted by Gasteiger charge is 2.27. The summed E-state index contributed by atoms with van der Waals surface area (Å²) in [7, 11) is 0. The molecule has 0 atom stereocenters. The molecule has 0 saturated carbocycles. The Bertz CT molecular complexity index is 1130. The molecule has 2 aromatic heterocycles. The molecule has 0 spiro atoms. The average Bonchev–Trinajstić information content (AvgIpc) is 3.21. The molecule has 7 nitrogen and oxygen atoms in total. The molecule has 0 unspecified atom stereocenters. The molecular weight excluding hydrogens is 417 g/mol. The largest absolute Gasteiger partial charge is 0.462 e. The second-order valence-electron chi connectivity index (χ2n) is 5.53. The van der Waals surface area contributed by atoms with Gasteiger partial charge in [-0.3, -0.25) is 0 Å². The molecular formula is C19H16FN3O4S2. The number of halogens is 1. The Hall–Kier alpha value is -3.07. The zero-order valence-electron chi connectivity index (χ0n) is 15.5. The maximum Gasteiger partial charge on any atom is 0.350 e. The number of carbonyl (C=O) groups is 2. The minimum atomic E-state index is -0.555. The molecule has 3 aromatic rings. The van der Waals surface area contributed by atoms with Crippen molar-refractivity contribution in [1.82, 2.24) is 0 Å². The summed E-state index contributed by atoms with van der Waals surface area (Å²) in [6.07, 6.45) is 0. The van der Waals surface area contributed by atoms with Gasteiger partial charge < -0.3 is 15.2 Å². The van der Waals surface area contributed by atoms with Crippen molar-refractivity contribution in [2.24, 2.45) is 9.98 Å². The SMILES string of the molecule is CCOC(=O)c1sc2sc(C(=O)OCC)c(N=C=Nc3ccc(F)cc3)c2c1N. The van der Waals surface area contributed by atoms with E-state index in [2.05, 4.69) is 16.0 Å².